The lowest BCUT2D eigenvalue weighted by molar-refractivity contribution is -0.126. The molecule has 0 unspecified atom stereocenters. The van der Waals surface area contributed by atoms with Crippen LogP contribution in [0, 0.1) is 5.92 Å². The molecule has 31 heavy (non-hydrogen) atoms. The van der Waals surface area contributed by atoms with Crippen LogP contribution in [0.3, 0.4) is 0 Å². The first kappa shape index (κ1) is 21.2. The molecule has 0 saturated heterocycles. The van der Waals surface area contributed by atoms with Crippen molar-refractivity contribution in [2.45, 2.75) is 51.5 Å². The normalized spacial score (nSPS) is 17.4. The van der Waals surface area contributed by atoms with E-state index in [0.717, 1.165) is 42.9 Å². The Hall–Kier alpha value is -3.03. The summed E-state index contributed by atoms with van der Waals surface area (Å²) in [5.41, 5.74) is 0.952. The topological polar surface area (TPSA) is 93.0 Å². The minimum absolute atomic E-state index is 0.00294. The Morgan fingerprint density at radius 1 is 1.06 bits per heavy atom. The Morgan fingerprint density at radius 3 is 2.68 bits per heavy atom. The van der Waals surface area contributed by atoms with E-state index in [1.54, 1.807) is 18.5 Å². The van der Waals surface area contributed by atoms with Crippen LogP contribution in [-0.4, -0.2) is 56.1 Å². The van der Waals surface area contributed by atoms with Gasteiger partial charge in [-0.2, -0.15) is 0 Å². The molecule has 0 spiro atoms. The Kier molecular flexibility index (Phi) is 7.07. The number of pyridine rings is 1. The molecular weight excluding hydrogens is 392 g/mol. The number of carbonyl (C=O) groups excluding carboxylic acids is 2. The van der Waals surface area contributed by atoms with Gasteiger partial charge in [0.25, 0.3) is 0 Å². The highest BCUT2D eigenvalue weighted by molar-refractivity contribution is 5.91. The van der Waals surface area contributed by atoms with Crippen LogP contribution >= 0.6 is 0 Å². The summed E-state index contributed by atoms with van der Waals surface area (Å²) in [6.07, 6.45) is 13.7. The molecule has 1 N–H and O–H groups in total. The van der Waals surface area contributed by atoms with Gasteiger partial charge in [0.1, 0.15) is 11.6 Å². The molecule has 0 radical (unpaired) electrons. The lowest BCUT2D eigenvalue weighted by atomic mass is 9.89. The van der Waals surface area contributed by atoms with Crippen LogP contribution < -0.4 is 5.32 Å². The van der Waals surface area contributed by atoms with Crippen LogP contribution in [0.2, 0.25) is 0 Å². The Bertz CT molecular complexity index is 917. The first-order chi connectivity index (χ1) is 15.2. The van der Waals surface area contributed by atoms with Crippen molar-refractivity contribution in [1.82, 2.24) is 30.0 Å². The van der Waals surface area contributed by atoms with E-state index in [2.05, 4.69) is 25.1 Å². The maximum Gasteiger partial charge on any atom is 0.246 e. The van der Waals surface area contributed by atoms with Gasteiger partial charge < -0.3 is 14.8 Å². The molecule has 164 valence electrons. The van der Waals surface area contributed by atoms with Crippen LogP contribution in [0.25, 0.3) is 6.08 Å². The number of hydrogen-bond donors (Lipinski definition) is 1. The number of amides is 2. The monoisotopic (exact) mass is 422 g/mol. The molecule has 2 aromatic rings. The van der Waals surface area contributed by atoms with Crippen LogP contribution in [0.1, 0.15) is 49.3 Å². The SMILES string of the molecule is O=C(NCCc1nnc2n1CCN(C(=O)C=Cc1ccncc1)CC2)C1CCCCC1. The van der Waals surface area contributed by atoms with Gasteiger partial charge in [0, 0.05) is 63.4 Å². The Balaban J connectivity index is 1.28. The number of fused-ring (bicyclic) bond motifs is 1. The standard InChI is InChI=1S/C23H30N6O2/c30-22(7-6-18-8-12-24-13-9-18)28-15-11-21-27-26-20(29(21)17-16-28)10-14-25-23(31)19-4-2-1-3-5-19/h6-9,12-13,19H,1-5,10-11,14-17H2,(H,25,31). The molecule has 1 aliphatic heterocycles. The average Bonchev–Trinajstić information content (AvgIpc) is 3.07. The minimum atomic E-state index is -0.00294. The average molecular weight is 423 g/mol. The number of nitrogens with one attached hydrogen (secondary N) is 1. The summed E-state index contributed by atoms with van der Waals surface area (Å²) in [4.78, 5) is 30.8. The third-order valence-electron chi connectivity index (χ3n) is 6.16. The summed E-state index contributed by atoms with van der Waals surface area (Å²) < 4.78 is 2.10. The second-order valence-corrected chi connectivity index (χ2v) is 8.25. The molecule has 3 heterocycles. The van der Waals surface area contributed by atoms with E-state index in [9.17, 15) is 9.59 Å². The zero-order valence-electron chi connectivity index (χ0n) is 17.9. The molecule has 1 saturated carbocycles. The van der Waals surface area contributed by atoms with Gasteiger partial charge in [-0.15, -0.1) is 10.2 Å². The van der Waals surface area contributed by atoms with Gasteiger partial charge in [0.2, 0.25) is 11.8 Å². The largest absolute Gasteiger partial charge is 0.355 e. The molecule has 2 amide bonds. The predicted octanol–water partition coefficient (Wildman–Crippen LogP) is 2.01. The van der Waals surface area contributed by atoms with Gasteiger partial charge in [-0.1, -0.05) is 19.3 Å². The number of rotatable bonds is 6. The second-order valence-electron chi connectivity index (χ2n) is 8.25. The Labute approximate surface area is 182 Å². The quantitative estimate of drug-likeness (QED) is 0.719. The van der Waals surface area contributed by atoms with E-state index < -0.39 is 0 Å². The molecule has 1 fully saturated rings. The van der Waals surface area contributed by atoms with E-state index in [1.165, 1.54) is 6.42 Å². The fraction of sp³-hybridized carbons (Fsp3) is 0.522. The van der Waals surface area contributed by atoms with E-state index in [4.69, 9.17) is 0 Å². The zero-order valence-corrected chi connectivity index (χ0v) is 17.9. The highest BCUT2D eigenvalue weighted by atomic mass is 16.2. The Morgan fingerprint density at radius 2 is 1.87 bits per heavy atom. The molecular formula is C23H30N6O2. The van der Waals surface area contributed by atoms with Crippen molar-refractivity contribution in [3.05, 3.63) is 47.8 Å². The van der Waals surface area contributed by atoms with Crippen molar-refractivity contribution < 1.29 is 9.59 Å². The maximum atomic E-state index is 12.6. The van der Waals surface area contributed by atoms with E-state index in [1.807, 2.05) is 23.1 Å². The summed E-state index contributed by atoms with van der Waals surface area (Å²) in [7, 11) is 0. The third kappa shape index (κ3) is 5.57. The van der Waals surface area contributed by atoms with Crippen molar-refractivity contribution in [1.29, 1.82) is 0 Å². The summed E-state index contributed by atoms with van der Waals surface area (Å²) in [5, 5.41) is 11.7. The van der Waals surface area contributed by atoms with Gasteiger partial charge in [-0.3, -0.25) is 14.6 Å². The zero-order chi connectivity index (χ0) is 21.5. The van der Waals surface area contributed by atoms with Gasteiger partial charge in [0.15, 0.2) is 0 Å². The van der Waals surface area contributed by atoms with Crippen molar-refractivity contribution in [3.63, 3.8) is 0 Å². The van der Waals surface area contributed by atoms with Crippen LogP contribution in [0.5, 0.6) is 0 Å². The third-order valence-corrected chi connectivity index (χ3v) is 6.16. The number of hydrogen-bond acceptors (Lipinski definition) is 5. The maximum absolute atomic E-state index is 12.6. The van der Waals surface area contributed by atoms with Gasteiger partial charge >= 0.3 is 0 Å². The van der Waals surface area contributed by atoms with Gasteiger partial charge in [-0.05, 0) is 36.6 Å². The number of aromatic nitrogens is 4. The molecule has 8 heteroatoms. The molecule has 1 aliphatic carbocycles. The molecule has 0 atom stereocenters. The highest BCUT2D eigenvalue weighted by Crippen LogP contribution is 2.23. The lowest BCUT2D eigenvalue weighted by Gasteiger charge is -2.20. The van der Waals surface area contributed by atoms with Crippen LogP contribution in [-0.2, 0) is 29.0 Å². The molecule has 4 rings (SSSR count). The molecule has 2 aliphatic rings. The lowest BCUT2D eigenvalue weighted by Crippen LogP contribution is -2.34. The van der Waals surface area contributed by atoms with Gasteiger partial charge in [0.05, 0.1) is 0 Å². The molecule has 0 bridgehead atoms. The van der Waals surface area contributed by atoms with Crippen molar-refractivity contribution in [2.75, 3.05) is 19.6 Å². The van der Waals surface area contributed by atoms with E-state index in [-0.39, 0.29) is 17.7 Å². The summed E-state index contributed by atoms with van der Waals surface area (Å²) >= 11 is 0. The van der Waals surface area contributed by atoms with Crippen molar-refractivity contribution in [3.8, 4) is 0 Å². The first-order valence-electron chi connectivity index (χ1n) is 11.3. The second kappa shape index (κ2) is 10.3. The minimum Gasteiger partial charge on any atom is -0.355 e. The van der Waals surface area contributed by atoms with Crippen LogP contribution in [0.4, 0.5) is 0 Å². The number of nitrogens with zero attached hydrogens (tertiary/aromatic N) is 5. The highest BCUT2D eigenvalue weighted by Gasteiger charge is 2.22. The van der Waals surface area contributed by atoms with E-state index in [0.29, 0.717) is 39.0 Å². The first-order valence-corrected chi connectivity index (χ1v) is 11.3. The summed E-state index contributed by atoms with van der Waals surface area (Å²) in [6, 6.07) is 3.74. The van der Waals surface area contributed by atoms with Crippen molar-refractivity contribution in [2.24, 2.45) is 5.92 Å². The predicted molar refractivity (Wildman–Crippen MR) is 117 cm³/mol. The fourth-order valence-corrected chi connectivity index (χ4v) is 4.34. The number of carbonyl (C=O) groups is 2. The van der Waals surface area contributed by atoms with Gasteiger partial charge in [-0.25, -0.2) is 0 Å². The molecule has 2 aromatic heterocycles. The van der Waals surface area contributed by atoms with Crippen molar-refractivity contribution >= 4 is 17.9 Å². The smallest absolute Gasteiger partial charge is 0.246 e. The summed E-state index contributed by atoms with van der Waals surface area (Å²) in [6.45, 7) is 2.48. The van der Waals surface area contributed by atoms with Crippen LogP contribution in [0.15, 0.2) is 30.6 Å². The molecule has 8 nitrogen and oxygen atoms in total. The molecule has 0 aromatic carbocycles. The fourth-order valence-electron chi connectivity index (χ4n) is 4.34. The van der Waals surface area contributed by atoms with E-state index >= 15 is 0 Å². The summed E-state index contributed by atoms with van der Waals surface area (Å²) in [5.74, 6) is 2.12.